The van der Waals surface area contributed by atoms with Gasteiger partial charge in [-0.05, 0) is 46.7 Å². The molecule has 0 aromatic heterocycles. The molecular formula is C18H22O. The molecule has 2 aromatic carbocycles. The van der Waals surface area contributed by atoms with E-state index in [2.05, 4.69) is 39.0 Å². The molecule has 0 spiro atoms. The topological polar surface area (TPSA) is 20.2 Å². The maximum Gasteiger partial charge on any atom is 0.115 e. The molecule has 1 nitrogen and oxygen atoms in total. The van der Waals surface area contributed by atoms with Crippen molar-refractivity contribution in [2.45, 2.75) is 39.5 Å². The lowest BCUT2D eigenvalue weighted by Crippen LogP contribution is -1.94. The summed E-state index contributed by atoms with van der Waals surface area (Å²) in [5.41, 5.74) is 5.23. The van der Waals surface area contributed by atoms with Crippen LogP contribution >= 0.6 is 0 Å². The number of hydrogen-bond acceptors (Lipinski definition) is 1. The standard InChI is InChI=1S/C18H22O/c1-4-5-14-6-7-16(13(2)3)12-18(14)15-8-10-17(19)11-9-15/h6-13,19H,4-5H2,1-3H3. The number of phenols is 1. The lowest BCUT2D eigenvalue weighted by Gasteiger charge is -2.14. The Kier molecular flexibility index (Phi) is 4.26. The fourth-order valence-electron chi connectivity index (χ4n) is 2.35. The highest BCUT2D eigenvalue weighted by Crippen LogP contribution is 2.29. The summed E-state index contributed by atoms with van der Waals surface area (Å²) in [6.07, 6.45) is 2.24. The van der Waals surface area contributed by atoms with Crippen LogP contribution in [0.5, 0.6) is 5.75 Å². The van der Waals surface area contributed by atoms with Gasteiger partial charge in [0.05, 0.1) is 0 Å². The number of phenolic OH excluding ortho intramolecular Hbond substituents is 1. The molecule has 0 aliphatic heterocycles. The Labute approximate surface area is 115 Å². The van der Waals surface area contributed by atoms with Gasteiger partial charge >= 0.3 is 0 Å². The lowest BCUT2D eigenvalue weighted by atomic mass is 9.91. The van der Waals surface area contributed by atoms with E-state index in [-0.39, 0.29) is 0 Å². The maximum atomic E-state index is 9.42. The van der Waals surface area contributed by atoms with Crippen molar-refractivity contribution >= 4 is 0 Å². The second-order valence-corrected chi connectivity index (χ2v) is 5.37. The zero-order valence-electron chi connectivity index (χ0n) is 12.0. The van der Waals surface area contributed by atoms with Crippen LogP contribution in [0.4, 0.5) is 0 Å². The number of rotatable bonds is 4. The van der Waals surface area contributed by atoms with Crippen LogP contribution in [0.3, 0.4) is 0 Å². The highest BCUT2D eigenvalue weighted by Gasteiger charge is 2.08. The minimum absolute atomic E-state index is 0.320. The second-order valence-electron chi connectivity index (χ2n) is 5.37. The summed E-state index contributed by atoms with van der Waals surface area (Å²) in [6.45, 7) is 6.64. The summed E-state index contributed by atoms with van der Waals surface area (Å²) in [7, 11) is 0. The van der Waals surface area contributed by atoms with Crippen LogP contribution in [-0.2, 0) is 6.42 Å². The zero-order valence-corrected chi connectivity index (χ0v) is 12.0. The Morgan fingerprint density at radius 1 is 1.00 bits per heavy atom. The first-order valence-corrected chi connectivity index (χ1v) is 7.04. The zero-order chi connectivity index (χ0) is 13.8. The van der Waals surface area contributed by atoms with Crippen LogP contribution in [0.25, 0.3) is 11.1 Å². The van der Waals surface area contributed by atoms with E-state index in [1.165, 1.54) is 22.3 Å². The molecule has 2 rings (SSSR count). The smallest absolute Gasteiger partial charge is 0.115 e. The SMILES string of the molecule is CCCc1ccc(C(C)C)cc1-c1ccc(O)cc1. The van der Waals surface area contributed by atoms with Gasteiger partial charge in [-0.3, -0.25) is 0 Å². The van der Waals surface area contributed by atoms with Crippen LogP contribution < -0.4 is 0 Å². The van der Waals surface area contributed by atoms with Crippen LogP contribution in [0.15, 0.2) is 42.5 Å². The Bertz CT molecular complexity index is 538. The van der Waals surface area contributed by atoms with E-state index in [0.29, 0.717) is 11.7 Å². The number of aryl methyl sites for hydroxylation is 1. The van der Waals surface area contributed by atoms with E-state index in [1.54, 1.807) is 12.1 Å². The maximum absolute atomic E-state index is 9.42. The Morgan fingerprint density at radius 3 is 2.26 bits per heavy atom. The van der Waals surface area contributed by atoms with Crippen molar-refractivity contribution in [2.75, 3.05) is 0 Å². The van der Waals surface area contributed by atoms with Crippen molar-refractivity contribution in [1.29, 1.82) is 0 Å². The summed E-state index contributed by atoms with van der Waals surface area (Å²) in [5, 5.41) is 9.42. The van der Waals surface area contributed by atoms with Crippen LogP contribution in [-0.4, -0.2) is 5.11 Å². The molecule has 0 aliphatic rings. The predicted molar refractivity (Wildman–Crippen MR) is 81.6 cm³/mol. The molecule has 0 radical (unpaired) electrons. The number of hydrogen-bond donors (Lipinski definition) is 1. The van der Waals surface area contributed by atoms with Crippen molar-refractivity contribution in [3.63, 3.8) is 0 Å². The molecule has 0 unspecified atom stereocenters. The van der Waals surface area contributed by atoms with Gasteiger partial charge in [-0.15, -0.1) is 0 Å². The van der Waals surface area contributed by atoms with Gasteiger partial charge in [0.15, 0.2) is 0 Å². The molecule has 0 heterocycles. The van der Waals surface area contributed by atoms with Crippen molar-refractivity contribution in [3.8, 4) is 16.9 Å². The molecular weight excluding hydrogens is 232 g/mol. The summed E-state index contributed by atoms with van der Waals surface area (Å²) < 4.78 is 0. The average molecular weight is 254 g/mol. The minimum Gasteiger partial charge on any atom is -0.508 e. The van der Waals surface area contributed by atoms with Gasteiger partial charge in [-0.1, -0.05) is 57.5 Å². The van der Waals surface area contributed by atoms with Crippen LogP contribution in [0, 0.1) is 0 Å². The van der Waals surface area contributed by atoms with E-state index < -0.39 is 0 Å². The molecule has 19 heavy (non-hydrogen) atoms. The second kappa shape index (κ2) is 5.92. The molecule has 0 fully saturated rings. The van der Waals surface area contributed by atoms with Gasteiger partial charge in [0.25, 0.3) is 0 Å². The normalized spacial score (nSPS) is 10.9. The van der Waals surface area contributed by atoms with Crippen molar-refractivity contribution in [1.82, 2.24) is 0 Å². The number of benzene rings is 2. The molecule has 100 valence electrons. The van der Waals surface area contributed by atoms with Gasteiger partial charge in [-0.2, -0.15) is 0 Å². The summed E-state index contributed by atoms with van der Waals surface area (Å²) in [5.74, 6) is 0.854. The minimum atomic E-state index is 0.320. The Morgan fingerprint density at radius 2 is 1.68 bits per heavy atom. The first kappa shape index (κ1) is 13.7. The molecule has 1 N–H and O–H groups in total. The van der Waals surface area contributed by atoms with Crippen molar-refractivity contribution < 1.29 is 5.11 Å². The molecule has 0 bridgehead atoms. The quantitative estimate of drug-likeness (QED) is 0.801. The van der Waals surface area contributed by atoms with E-state index >= 15 is 0 Å². The predicted octanol–water partition coefficient (Wildman–Crippen LogP) is 5.14. The van der Waals surface area contributed by atoms with Gasteiger partial charge in [0.1, 0.15) is 5.75 Å². The average Bonchev–Trinajstić information content (AvgIpc) is 2.40. The Hall–Kier alpha value is -1.76. The molecule has 0 saturated heterocycles. The van der Waals surface area contributed by atoms with Crippen molar-refractivity contribution in [2.24, 2.45) is 0 Å². The summed E-state index contributed by atoms with van der Waals surface area (Å²) >= 11 is 0. The monoisotopic (exact) mass is 254 g/mol. The fourth-order valence-corrected chi connectivity index (χ4v) is 2.35. The van der Waals surface area contributed by atoms with E-state index in [0.717, 1.165) is 12.8 Å². The molecule has 0 aliphatic carbocycles. The lowest BCUT2D eigenvalue weighted by molar-refractivity contribution is 0.475. The molecule has 0 saturated carbocycles. The number of aromatic hydroxyl groups is 1. The first-order chi connectivity index (χ1) is 9.11. The van der Waals surface area contributed by atoms with Gasteiger partial charge in [0.2, 0.25) is 0 Å². The van der Waals surface area contributed by atoms with Crippen molar-refractivity contribution in [3.05, 3.63) is 53.6 Å². The van der Waals surface area contributed by atoms with E-state index in [9.17, 15) is 5.11 Å². The Balaban J connectivity index is 2.50. The van der Waals surface area contributed by atoms with Gasteiger partial charge < -0.3 is 5.11 Å². The van der Waals surface area contributed by atoms with E-state index in [4.69, 9.17) is 0 Å². The third-order valence-electron chi connectivity index (χ3n) is 3.50. The largest absolute Gasteiger partial charge is 0.508 e. The molecule has 0 amide bonds. The van der Waals surface area contributed by atoms with Gasteiger partial charge in [-0.25, -0.2) is 0 Å². The highest BCUT2D eigenvalue weighted by atomic mass is 16.3. The van der Waals surface area contributed by atoms with Gasteiger partial charge in [0, 0.05) is 0 Å². The third kappa shape index (κ3) is 3.17. The van der Waals surface area contributed by atoms with E-state index in [1.807, 2.05) is 12.1 Å². The molecule has 2 aromatic rings. The highest BCUT2D eigenvalue weighted by molar-refractivity contribution is 5.69. The molecule has 0 atom stereocenters. The first-order valence-electron chi connectivity index (χ1n) is 7.04. The summed E-state index contributed by atoms with van der Waals surface area (Å²) in [6, 6.07) is 14.3. The fraction of sp³-hybridized carbons (Fsp3) is 0.333. The third-order valence-corrected chi connectivity index (χ3v) is 3.50. The summed E-state index contributed by atoms with van der Waals surface area (Å²) in [4.78, 5) is 0. The van der Waals surface area contributed by atoms with Crippen LogP contribution in [0.1, 0.15) is 44.2 Å². The van der Waals surface area contributed by atoms with Crippen LogP contribution in [0.2, 0.25) is 0 Å². The molecule has 1 heteroatoms.